The number of carbonyl (C=O) groups is 1. The number of halogens is 4. The monoisotopic (exact) mass is 496 g/mol. The first-order chi connectivity index (χ1) is 15.5. The first kappa shape index (κ1) is 23.1. The molecule has 0 spiro atoms. The van der Waals surface area contributed by atoms with Crippen LogP contribution in [0.4, 0.5) is 17.6 Å². The number of hydrogen-bond acceptors (Lipinski definition) is 6. The van der Waals surface area contributed by atoms with Crippen molar-refractivity contribution in [3.8, 4) is 16.3 Å². The number of benzene rings is 2. The van der Waals surface area contributed by atoms with Gasteiger partial charge in [0.1, 0.15) is 28.2 Å². The fourth-order valence-electron chi connectivity index (χ4n) is 3.22. The number of aliphatic carboxylic acids is 1. The van der Waals surface area contributed by atoms with E-state index in [0.717, 1.165) is 21.2 Å². The van der Waals surface area contributed by atoms with Crippen LogP contribution in [0.3, 0.4) is 0 Å². The van der Waals surface area contributed by atoms with Crippen molar-refractivity contribution in [3.05, 3.63) is 62.9 Å². The molecule has 2 aromatic heterocycles. The summed E-state index contributed by atoms with van der Waals surface area (Å²) in [6, 6.07) is 6.34. The Morgan fingerprint density at radius 1 is 1.12 bits per heavy atom. The summed E-state index contributed by atoms with van der Waals surface area (Å²) < 4.78 is 59.1. The number of fused-ring (bicyclic) bond motifs is 1. The Morgan fingerprint density at radius 3 is 2.55 bits per heavy atom. The number of nitrogens with zero attached hydrogens (tertiary/aromatic N) is 2. The van der Waals surface area contributed by atoms with Crippen LogP contribution in [0.25, 0.3) is 20.8 Å². The second-order valence-corrected chi connectivity index (χ2v) is 9.42. The van der Waals surface area contributed by atoms with Gasteiger partial charge < -0.3 is 9.84 Å². The highest BCUT2D eigenvalue weighted by atomic mass is 32.1. The maximum Gasteiger partial charge on any atom is 0.419 e. The summed E-state index contributed by atoms with van der Waals surface area (Å²) in [5, 5.41) is 9.86. The van der Waals surface area contributed by atoms with Gasteiger partial charge in [-0.05, 0) is 38.1 Å². The zero-order chi connectivity index (χ0) is 23.9. The van der Waals surface area contributed by atoms with Gasteiger partial charge >= 0.3 is 12.1 Å². The number of hydrogen-bond donors (Lipinski definition) is 1. The number of thiazole rings is 2. The molecule has 0 saturated heterocycles. The first-order valence-corrected chi connectivity index (χ1v) is 11.2. The molecule has 0 amide bonds. The summed E-state index contributed by atoms with van der Waals surface area (Å²) in [7, 11) is 0. The van der Waals surface area contributed by atoms with Crippen LogP contribution in [0.2, 0.25) is 0 Å². The van der Waals surface area contributed by atoms with Gasteiger partial charge in [0.05, 0.1) is 32.8 Å². The third-order valence-corrected chi connectivity index (χ3v) is 7.08. The molecule has 11 heteroatoms. The van der Waals surface area contributed by atoms with Crippen LogP contribution in [0.1, 0.15) is 26.7 Å². The van der Waals surface area contributed by atoms with Crippen molar-refractivity contribution in [1.82, 2.24) is 9.97 Å². The predicted octanol–water partition coefficient (Wildman–Crippen LogP) is 6.40. The Bertz CT molecular complexity index is 1360. The average Bonchev–Trinajstić information content (AvgIpc) is 3.29. The van der Waals surface area contributed by atoms with Gasteiger partial charge in [0.25, 0.3) is 0 Å². The van der Waals surface area contributed by atoms with Crippen LogP contribution >= 0.6 is 22.7 Å². The van der Waals surface area contributed by atoms with Gasteiger partial charge in [-0.3, -0.25) is 4.79 Å². The molecule has 0 aliphatic heterocycles. The maximum atomic E-state index is 13.9. The highest BCUT2D eigenvalue weighted by Gasteiger charge is 2.34. The smallest absolute Gasteiger partial charge is 0.419 e. The van der Waals surface area contributed by atoms with Crippen LogP contribution in [0.15, 0.2) is 30.3 Å². The Kier molecular flexibility index (Phi) is 6.10. The second kappa shape index (κ2) is 8.71. The SMILES string of the molecule is Cc1nc(-c2ccc(C(F)(F)F)c(F)c2)sc1COc1ccc2sc(CC(=O)O)nc2c1C. The quantitative estimate of drug-likeness (QED) is 0.313. The molecule has 0 unspecified atom stereocenters. The minimum Gasteiger partial charge on any atom is -0.488 e. The van der Waals surface area contributed by atoms with Crippen molar-refractivity contribution in [2.24, 2.45) is 0 Å². The molecule has 0 fully saturated rings. The Labute approximate surface area is 193 Å². The lowest BCUT2D eigenvalue weighted by Crippen LogP contribution is -2.07. The van der Waals surface area contributed by atoms with Crippen molar-refractivity contribution in [3.63, 3.8) is 0 Å². The molecule has 4 aromatic rings. The molecule has 5 nitrogen and oxygen atoms in total. The van der Waals surface area contributed by atoms with Gasteiger partial charge in [-0.25, -0.2) is 14.4 Å². The number of ether oxygens (including phenoxy) is 1. The molecule has 2 aromatic carbocycles. The number of carboxylic acid groups (broad SMARTS) is 1. The normalized spacial score (nSPS) is 11.8. The number of alkyl halides is 3. The van der Waals surface area contributed by atoms with Gasteiger partial charge in [-0.15, -0.1) is 22.7 Å². The molecule has 0 bridgehead atoms. The van der Waals surface area contributed by atoms with E-state index in [1.807, 2.05) is 13.0 Å². The largest absolute Gasteiger partial charge is 0.488 e. The first-order valence-electron chi connectivity index (χ1n) is 9.60. The van der Waals surface area contributed by atoms with E-state index in [1.54, 1.807) is 13.0 Å². The minimum absolute atomic E-state index is 0.150. The average molecular weight is 497 g/mol. The van der Waals surface area contributed by atoms with Crippen molar-refractivity contribution in [1.29, 1.82) is 0 Å². The van der Waals surface area contributed by atoms with Crippen LogP contribution in [-0.4, -0.2) is 21.0 Å². The highest BCUT2D eigenvalue weighted by Crippen LogP contribution is 2.36. The van der Waals surface area contributed by atoms with Crippen LogP contribution in [0.5, 0.6) is 5.75 Å². The van der Waals surface area contributed by atoms with E-state index in [9.17, 15) is 22.4 Å². The Hall–Kier alpha value is -3.05. The van der Waals surface area contributed by atoms with Gasteiger partial charge in [0, 0.05) is 11.1 Å². The number of rotatable bonds is 6. The molecule has 0 atom stereocenters. The van der Waals surface area contributed by atoms with E-state index in [2.05, 4.69) is 9.97 Å². The molecule has 0 saturated carbocycles. The van der Waals surface area contributed by atoms with Crippen molar-refractivity contribution in [2.75, 3.05) is 0 Å². The second-order valence-electron chi connectivity index (χ2n) is 7.22. The lowest BCUT2D eigenvalue weighted by atomic mass is 10.1. The van der Waals surface area contributed by atoms with E-state index in [4.69, 9.17) is 9.84 Å². The molecule has 4 rings (SSSR count). The fraction of sp³-hybridized carbons (Fsp3) is 0.227. The Morgan fingerprint density at radius 2 is 1.88 bits per heavy atom. The molecule has 0 radical (unpaired) electrons. The number of carboxylic acids is 1. The topological polar surface area (TPSA) is 72.3 Å². The van der Waals surface area contributed by atoms with Crippen LogP contribution in [-0.2, 0) is 24.0 Å². The van der Waals surface area contributed by atoms with Crippen molar-refractivity contribution in [2.45, 2.75) is 33.1 Å². The lowest BCUT2D eigenvalue weighted by Gasteiger charge is -2.09. The van der Waals surface area contributed by atoms with Crippen LogP contribution < -0.4 is 4.74 Å². The summed E-state index contributed by atoms with van der Waals surface area (Å²) in [5.41, 5.74) is 1.02. The maximum absolute atomic E-state index is 13.9. The molecular weight excluding hydrogens is 480 g/mol. The Balaban J connectivity index is 1.54. The number of aryl methyl sites for hydroxylation is 2. The predicted molar refractivity (Wildman–Crippen MR) is 117 cm³/mol. The van der Waals surface area contributed by atoms with E-state index in [1.165, 1.54) is 28.7 Å². The molecule has 33 heavy (non-hydrogen) atoms. The van der Waals surface area contributed by atoms with Gasteiger partial charge in [0.15, 0.2) is 0 Å². The van der Waals surface area contributed by atoms with E-state index in [-0.39, 0.29) is 18.6 Å². The third-order valence-electron chi connectivity index (χ3n) is 4.88. The molecular formula is C22H16F4N2O3S2. The lowest BCUT2D eigenvalue weighted by molar-refractivity contribution is -0.140. The standard InChI is InChI=1S/C22H16F4N2O3S2/c1-10-15(5-6-16-20(10)28-18(32-16)8-19(29)30)31-9-17-11(2)27-21(33-17)12-3-4-13(14(23)7-12)22(24,25)26/h3-7H,8-9H2,1-2H3,(H,29,30). The molecule has 172 valence electrons. The molecule has 0 aliphatic rings. The summed E-state index contributed by atoms with van der Waals surface area (Å²) in [5.74, 6) is -1.72. The van der Waals surface area contributed by atoms with E-state index in [0.29, 0.717) is 33.0 Å². The zero-order valence-corrected chi connectivity index (χ0v) is 18.9. The van der Waals surface area contributed by atoms with E-state index >= 15 is 0 Å². The summed E-state index contributed by atoms with van der Waals surface area (Å²) >= 11 is 2.52. The van der Waals surface area contributed by atoms with Crippen molar-refractivity contribution < 1.29 is 32.2 Å². The van der Waals surface area contributed by atoms with E-state index < -0.39 is 23.5 Å². The molecule has 1 N–H and O–H groups in total. The third kappa shape index (κ3) is 4.83. The van der Waals surface area contributed by atoms with Crippen LogP contribution in [0, 0.1) is 19.7 Å². The van der Waals surface area contributed by atoms with Gasteiger partial charge in [-0.2, -0.15) is 13.2 Å². The summed E-state index contributed by atoms with van der Waals surface area (Å²) in [6.45, 7) is 3.73. The highest BCUT2D eigenvalue weighted by molar-refractivity contribution is 7.18. The zero-order valence-electron chi connectivity index (χ0n) is 17.3. The van der Waals surface area contributed by atoms with Gasteiger partial charge in [0.2, 0.25) is 0 Å². The summed E-state index contributed by atoms with van der Waals surface area (Å²) in [4.78, 5) is 20.4. The fourth-order valence-corrected chi connectivity index (χ4v) is 5.21. The molecule has 2 heterocycles. The van der Waals surface area contributed by atoms with Gasteiger partial charge in [-0.1, -0.05) is 6.07 Å². The summed E-state index contributed by atoms with van der Waals surface area (Å²) in [6.07, 6.45) is -4.91. The minimum atomic E-state index is -4.76. The van der Waals surface area contributed by atoms with Crippen molar-refractivity contribution >= 4 is 38.9 Å². The molecule has 0 aliphatic carbocycles. The number of aromatic nitrogens is 2.